The predicted molar refractivity (Wildman–Crippen MR) is 52.6 cm³/mol. The Morgan fingerprint density at radius 1 is 1.36 bits per heavy atom. The summed E-state index contributed by atoms with van der Waals surface area (Å²) < 4.78 is 5.27. The topological polar surface area (TPSA) is 26.3 Å². The summed E-state index contributed by atoms with van der Waals surface area (Å²) in [4.78, 5) is 11.3. The van der Waals surface area contributed by atoms with Gasteiger partial charge in [-0.2, -0.15) is 0 Å². The van der Waals surface area contributed by atoms with Crippen LogP contribution in [0, 0.1) is 0 Å². The molecule has 0 saturated heterocycles. The first-order valence-corrected chi connectivity index (χ1v) is 4.77. The second-order valence-electron chi connectivity index (χ2n) is 3.79. The summed E-state index contributed by atoms with van der Waals surface area (Å²) in [6, 6.07) is 8.19. The molecule has 0 radical (unpaired) electrons. The molecule has 0 N–H and O–H groups in total. The summed E-state index contributed by atoms with van der Waals surface area (Å²) >= 11 is 0. The molecule has 0 fully saturated rings. The summed E-state index contributed by atoms with van der Waals surface area (Å²) in [5.74, 6) is -0.153. The van der Waals surface area contributed by atoms with Gasteiger partial charge in [0.25, 0.3) is 0 Å². The highest BCUT2D eigenvalue weighted by atomic mass is 16.5. The number of carbonyl (C=O) groups is 1. The Bertz CT molecular complexity index is 457. The van der Waals surface area contributed by atoms with Crippen molar-refractivity contribution >= 4 is 11.5 Å². The maximum Gasteiger partial charge on any atom is 0.334 e. The minimum Gasteiger partial charge on any atom is -0.454 e. The largest absolute Gasteiger partial charge is 0.454 e. The van der Waals surface area contributed by atoms with Crippen LogP contribution in [0.4, 0.5) is 0 Å². The van der Waals surface area contributed by atoms with E-state index in [0.29, 0.717) is 0 Å². The maximum atomic E-state index is 11.3. The number of hydrogen-bond donors (Lipinski definition) is 0. The van der Waals surface area contributed by atoms with Gasteiger partial charge in [-0.05, 0) is 18.1 Å². The van der Waals surface area contributed by atoms with E-state index in [1.165, 1.54) is 11.1 Å². The Balaban J connectivity index is 2.25. The van der Waals surface area contributed by atoms with E-state index in [1.807, 2.05) is 19.1 Å². The fourth-order valence-electron chi connectivity index (χ4n) is 2.31. The lowest BCUT2D eigenvalue weighted by Crippen LogP contribution is -2.08. The summed E-state index contributed by atoms with van der Waals surface area (Å²) in [5.41, 5.74) is 4.37. The highest BCUT2D eigenvalue weighted by Gasteiger charge is 2.37. The minimum atomic E-state index is -0.153. The maximum absolute atomic E-state index is 11.3. The van der Waals surface area contributed by atoms with Crippen LogP contribution in [0.3, 0.4) is 0 Å². The molecule has 0 saturated carbocycles. The Labute approximate surface area is 82.2 Å². The predicted octanol–water partition coefficient (Wildman–Crippen LogP) is 1.94. The molecule has 1 heterocycles. The van der Waals surface area contributed by atoms with Crippen molar-refractivity contribution in [1.29, 1.82) is 0 Å². The molecule has 1 aliphatic carbocycles. The van der Waals surface area contributed by atoms with Gasteiger partial charge < -0.3 is 4.74 Å². The van der Waals surface area contributed by atoms with E-state index in [9.17, 15) is 4.79 Å². The fraction of sp³-hybridized carbons (Fsp3) is 0.250. The molecule has 0 bridgehead atoms. The summed E-state index contributed by atoms with van der Waals surface area (Å²) in [6.45, 7) is 1.85. The van der Waals surface area contributed by atoms with E-state index in [1.54, 1.807) is 0 Å². The lowest BCUT2D eigenvalue weighted by atomic mass is 10.0. The van der Waals surface area contributed by atoms with Gasteiger partial charge in [-0.25, -0.2) is 4.79 Å². The van der Waals surface area contributed by atoms with E-state index >= 15 is 0 Å². The van der Waals surface area contributed by atoms with Gasteiger partial charge in [-0.3, -0.25) is 0 Å². The molecule has 1 aromatic rings. The van der Waals surface area contributed by atoms with Crippen LogP contribution in [0.5, 0.6) is 0 Å². The van der Waals surface area contributed by atoms with Gasteiger partial charge in [-0.15, -0.1) is 0 Å². The normalized spacial score (nSPS) is 23.5. The van der Waals surface area contributed by atoms with Crippen LogP contribution in [-0.2, 0) is 16.0 Å². The molecule has 14 heavy (non-hydrogen) atoms. The lowest BCUT2D eigenvalue weighted by Gasteiger charge is -2.02. The third kappa shape index (κ3) is 0.830. The Morgan fingerprint density at radius 2 is 2.14 bits per heavy atom. The van der Waals surface area contributed by atoms with Crippen molar-refractivity contribution < 1.29 is 9.53 Å². The molecule has 1 aromatic carbocycles. The number of ether oxygens (including phenoxy) is 1. The SMILES string of the molecule is CC1=C2c3ccccc3CC2OC1=O. The Morgan fingerprint density at radius 3 is 3.00 bits per heavy atom. The average Bonchev–Trinajstić information content (AvgIpc) is 2.65. The molecule has 0 spiro atoms. The molecule has 1 aliphatic heterocycles. The molecule has 3 rings (SSSR count). The Hall–Kier alpha value is -1.57. The molecular weight excluding hydrogens is 176 g/mol. The molecule has 70 valence electrons. The van der Waals surface area contributed by atoms with E-state index in [2.05, 4.69) is 12.1 Å². The second-order valence-corrected chi connectivity index (χ2v) is 3.79. The number of carbonyl (C=O) groups excluding carboxylic acids is 1. The zero-order chi connectivity index (χ0) is 9.71. The first-order chi connectivity index (χ1) is 6.77. The minimum absolute atomic E-state index is 0.0140. The zero-order valence-electron chi connectivity index (χ0n) is 7.91. The van der Waals surface area contributed by atoms with E-state index in [4.69, 9.17) is 4.74 Å². The van der Waals surface area contributed by atoms with E-state index in [0.717, 1.165) is 17.6 Å². The molecule has 2 nitrogen and oxygen atoms in total. The smallest absolute Gasteiger partial charge is 0.334 e. The molecule has 0 aromatic heterocycles. The van der Waals surface area contributed by atoms with Crippen LogP contribution in [0.25, 0.3) is 5.57 Å². The van der Waals surface area contributed by atoms with Crippen LogP contribution in [-0.4, -0.2) is 12.1 Å². The van der Waals surface area contributed by atoms with Crippen molar-refractivity contribution in [2.24, 2.45) is 0 Å². The fourth-order valence-corrected chi connectivity index (χ4v) is 2.31. The first-order valence-electron chi connectivity index (χ1n) is 4.77. The van der Waals surface area contributed by atoms with Crippen molar-refractivity contribution in [2.45, 2.75) is 19.4 Å². The molecule has 1 unspecified atom stereocenters. The van der Waals surface area contributed by atoms with Crippen LogP contribution in [0.15, 0.2) is 29.8 Å². The summed E-state index contributed by atoms with van der Waals surface area (Å²) in [5, 5.41) is 0. The van der Waals surface area contributed by atoms with Gasteiger partial charge >= 0.3 is 5.97 Å². The number of esters is 1. The monoisotopic (exact) mass is 186 g/mol. The second kappa shape index (κ2) is 2.47. The molecule has 1 atom stereocenters. The Kier molecular flexibility index (Phi) is 1.38. The number of rotatable bonds is 0. The van der Waals surface area contributed by atoms with Crippen molar-refractivity contribution in [2.75, 3.05) is 0 Å². The highest BCUT2D eigenvalue weighted by Crippen LogP contribution is 2.40. The number of hydrogen-bond acceptors (Lipinski definition) is 2. The molecule has 2 aliphatic rings. The first kappa shape index (κ1) is 7.80. The molecule has 0 amide bonds. The van der Waals surface area contributed by atoms with Crippen LogP contribution < -0.4 is 0 Å². The van der Waals surface area contributed by atoms with Crippen molar-refractivity contribution in [3.05, 3.63) is 41.0 Å². The summed E-state index contributed by atoms with van der Waals surface area (Å²) in [7, 11) is 0. The van der Waals surface area contributed by atoms with Gasteiger partial charge in [0, 0.05) is 17.6 Å². The average molecular weight is 186 g/mol. The highest BCUT2D eigenvalue weighted by molar-refractivity contribution is 6.03. The third-order valence-electron chi connectivity index (χ3n) is 2.99. The van der Waals surface area contributed by atoms with Gasteiger partial charge in [0.15, 0.2) is 0 Å². The molecule has 2 heteroatoms. The van der Waals surface area contributed by atoms with Gasteiger partial charge in [0.05, 0.1) is 0 Å². The van der Waals surface area contributed by atoms with Gasteiger partial charge in [-0.1, -0.05) is 24.3 Å². The van der Waals surface area contributed by atoms with Crippen LogP contribution >= 0.6 is 0 Å². The quantitative estimate of drug-likeness (QED) is 0.579. The third-order valence-corrected chi connectivity index (χ3v) is 2.99. The van der Waals surface area contributed by atoms with Crippen LogP contribution in [0.2, 0.25) is 0 Å². The molecular formula is C12H10O2. The van der Waals surface area contributed by atoms with Gasteiger partial charge in [0.2, 0.25) is 0 Å². The summed E-state index contributed by atoms with van der Waals surface area (Å²) in [6.07, 6.45) is 0.828. The van der Waals surface area contributed by atoms with E-state index < -0.39 is 0 Å². The van der Waals surface area contributed by atoms with Crippen molar-refractivity contribution in [3.8, 4) is 0 Å². The van der Waals surface area contributed by atoms with Crippen LogP contribution in [0.1, 0.15) is 18.1 Å². The van der Waals surface area contributed by atoms with Gasteiger partial charge in [0.1, 0.15) is 6.10 Å². The lowest BCUT2D eigenvalue weighted by molar-refractivity contribution is -0.139. The standard InChI is InChI=1S/C12H10O2/c1-7-11-9-5-3-2-4-8(9)6-10(11)14-12(7)13/h2-5,10H,6H2,1H3. The number of fused-ring (bicyclic) bond motifs is 3. The zero-order valence-corrected chi connectivity index (χ0v) is 7.91. The van der Waals surface area contributed by atoms with E-state index in [-0.39, 0.29) is 12.1 Å². The number of benzene rings is 1. The van der Waals surface area contributed by atoms with Crippen molar-refractivity contribution in [3.63, 3.8) is 0 Å². The van der Waals surface area contributed by atoms with Crippen molar-refractivity contribution in [1.82, 2.24) is 0 Å².